The van der Waals surface area contributed by atoms with Crippen molar-refractivity contribution in [1.82, 2.24) is 0 Å². The molecule has 0 heterocycles. The molecule has 18 heavy (non-hydrogen) atoms. The van der Waals surface area contributed by atoms with Gasteiger partial charge in [-0.25, -0.2) is 0 Å². The van der Waals surface area contributed by atoms with E-state index in [4.69, 9.17) is 0 Å². The van der Waals surface area contributed by atoms with Crippen LogP contribution in [0.1, 0.15) is 40.5 Å². The van der Waals surface area contributed by atoms with E-state index in [-0.39, 0.29) is 5.41 Å². The first kappa shape index (κ1) is 15.4. The molecule has 1 rings (SSSR count). The minimum Gasteiger partial charge on any atom is -0.295 e. The molecule has 2 heteroatoms. The van der Waals surface area contributed by atoms with Crippen LogP contribution in [0.5, 0.6) is 0 Å². The van der Waals surface area contributed by atoms with Crippen molar-refractivity contribution in [2.75, 3.05) is 0 Å². The van der Waals surface area contributed by atoms with Gasteiger partial charge in [-0.3, -0.25) is 4.79 Å². The molecule has 0 spiro atoms. The Kier molecular flexibility index (Phi) is 4.42. The molecule has 0 amide bonds. The van der Waals surface area contributed by atoms with Crippen LogP contribution in [0.3, 0.4) is 0 Å². The van der Waals surface area contributed by atoms with Crippen molar-refractivity contribution in [3.8, 4) is 0 Å². The molecule has 0 N–H and O–H groups in total. The quantitative estimate of drug-likeness (QED) is 0.657. The summed E-state index contributed by atoms with van der Waals surface area (Å²) in [6, 6.07) is 1.19. The van der Waals surface area contributed by atoms with Gasteiger partial charge in [0.15, 0.2) is 5.78 Å². The van der Waals surface area contributed by atoms with Gasteiger partial charge in [-0.15, -0.1) is 0 Å². The number of rotatable bonds is 3. The summed E-state index contributed by atoms with van der Waals surface area (Å²) < 4.78 is 0. The van der Waals surface area contributed by atoms with Gasteiger partial charge in [0.1, 0.15) is 0 Å². The third-order valence-electron chi connectivity index (χ3n) is 3.36. The maximum atomic E-state index is 11.9. The summed E-state index contributed by atoms with van der Waals surface area (Å²) in [5.41, 5.74) is 4.27. The standard InChI is InChI=1S/C16H28OSi/c1-12(2)15(11-18(5,6)7)13-8-14(17)10-16(3,4)9-13/h8H,9-11H2,1-7H3. The highest BCUT2D eigenvalue weighted by molar-refractivity contribution is 6.76. The smallest absolute Gasteiger partial charge is 0.156 e. The van der Waals surface area contributed by atoms with Crippen molar-refractivity contribution in [1.29, 1.82) is 0 Å². The first-order valence-electron chi connectivity index (χ1n) is 6.90. The fourth-order valence-corrected chi connectivity index (χ4v) is 4.32. The second-order valence-electron chi connectivity index (χ2n) is 7.87. The van der Waals surface area contributed by atoms with Crippen molar-refractivity contribution in [2.24, 2.45) is 5.41 Å². The number of carbonyl (C=O) groups excluding carboxylic acids is 1. The van der Waals surface area contributed by atoms with Crippen molar-refractivity contribution in [3.05, 3.63) is 22.8 Å². The fraction of sp³-hybridized carbons (Fsp3) is 0.688. The van der Waals surface area contributed by atoms with Gasteiger partial charge < -0.3 is 0 Å². The van der Waals surface area contributed by atoms with E-state index in [1.807, 2.05) is 6.08 Å². The number of ketones is 1. The molecule has 1 aliphatic carbocycles. The molecule has 0 aromatic carbocycles. The summed E-state index contributed by atoms with van der Waals surface area (Å²) in [5, 5.41) is 0. The van der Waals surface area contributed by atoms with Gasteiger partial charge in [-0.1, -0.05) is 39.1 Å². The summed E-state index contributed by atoms with van der Waals surface area (Å²) in [7, 11) is -1.15. The predicted molar refractivity (Wildman–Crippen MR) is 82.6 cm³/mol. The SMILES string of the molecule is CC(C)=C(C[Si](C)(C)C)C1=CC(=O)CC(C)(C)C1. The van der Waals surface area contributed by atoms with E-state index in [1.165, 1.54) is 22.8 Å². The van der Waals surface area contributed by atoms with E-state index in [2.05, 4.69) is 47.3 Å². The molecule has 1 aliphatic rings. The molecule has 0 aliphatic heterocycles. The lowest BCUT2D eigenvalue weighted by Crippen LogP contribution is -2.26. The molecule has 0 radical (unpaired) electrons. The van der Waals surface area contributed by atoms with Crippen LogP contribution in [0.4, 0.5) is 0 Å². The third kappa shape index (κ3) is 4.56. The lowest BCUT2D eigenvalue weighted by atomic mass is 9.75. The second kappa shape index (κ2) is 5.16. The van der Waals surface area contributed by atoms with Crippen molar-refractivity contribution >= 4 is 13.9 Å². The molecule has 0 bridgehead atoms. The van der Waals surface area contributed by atoms with E-state index in [0.717, 1.165) is 6.42 Å². The number of carbonyl (C=O) groups is 1. The van der Waals surface area contributed by atoms with Gasteiger partial charge in [0, 0.05) is 14.5 Å². The molecule has 102 valence electrons. The Balaban J connectivity index is 3.09. The Morgan fingerprint density at radius 2 is 1.78 bits per heavy atom. The van der Waals surface area contributed by atoms with Gasteiger partial charge in [0.2, 0.25) is 0 Å². The largest absolute Gasteiger partial charge is 0.295 e. The van der Waals surface area contributed by atoms with E-state index in [9.17, 15) is 4.79 Å². The average Bonchev–Trinajstić information content (AvgIpc) is 2.08. The zero-order valence-electron chi connectivity index (χ0n) is 13.1. The normalized spacial score (nSPS) is 19.5. The number of hydrogen-bond donors (Lipinski definition) is 0. The van der Waals surface area contributed by atoms with Crippen molar-refractivity contribution in [2.45, 2.75) is 66.2 Å². The van der Waals surface area contributed by atoms with Gasteiger partial charge in [0.25, 0.3) is 0 Å². The molecule has 0 atom stereocenters. The Bertz CT molecular complexity index is 401. The maximum Gasteiger partial charge on any atom is 0.156 e. The molecule has 0 aromatic rings. The first-order valence-corrected chi connectivity index (χ1v) is 10.6. The predicted octanol–water partition coefficient (Wildman–Crippen LogP) is 4.98. The van der Waals surface area contributed by atoms with Crippen LogP contribution in [0.15, 0.2) is 22.8 Å². The molecule has 0 saturated carbocycles. The highest BCUT2D eigenvalue weighted by Crippen LogP contribution is 2.39. The van der Waals surface area contributed by atoms with E-state index < -0.39 is 8.07 Å². The van der Waals surface area contributed by atoms with Gasteiger partial charge in [0.05, 0.1) is 0 Å². The van der Waals surface area contributed by atoms with Gasteiger partial charge in [-0.05, 0) is 48.9 Å². The summed E-state index contributed by atoms with van der Waals surface area (Å²) >= 11 is 0. The monoisotopic (exact) mass is 264 g/mol. The third-order valence-corrected chi connectivity index (χ3v) is 4.77. The van der Waals surface area contributed by atoms with Gasteiger partial charge >= 0.3 is 0 Å². The minimum absolute atomic E-state index is 0.126. The zero-order valence-corrected chi connectivity index (χ0v) is 14.1. The molecule has 0 saturated heterocycles. The second-order valence-corrected chi connectivity index (χ2v) is 13.3. The Labute approximate surface area is 113 Å². The zero-order chi connectivity index (χ0) is 14.1. The van der Waals surface area contributed by atoms with E-state index >= 15 is 0 Å². The molecular weight excluding hydrogens is 236 g/mol. The first-order chi connectivity index (χ1) is 8.00. The van der Waals surface area contributed by atoms with Crippen LogP contribution in [0.2, 0.25) is 25.7 Å². The van der Waals surface area contributed by atoms with Crippen LogP contribution < -0.4 is 0 Å². The molecule has 0 fully saturated rings. The topological polar surface area (TPSA) is 17.1 Å². The van der Waals surface area contributed by atoms with E-state index in [1.54, 1.807) is 0 Å². The highest BCUT2D eigenvalue weighted by atomic mass is 28.3. The summed E-state index contributed by atoms with van der Waals surface area (Å²) in [5.74, 6) is 0.301. The minimum atomic E-state index is -1.15. The Morgan fingerprint density at radius 1 is 1.22 bits per heavy atom. The van der Waals surface area contributed by atoms with Crippen molar-refractivity contribution < 1.29 is 4.79 Å². The summed E-state index contributed by atoms with van der Waals surface area (Å²) in [4.78, 5) is 11.9. The number of hydrogen-bond acceptors (Lipinski definition) is 1. The van der Waals surface area contributed by atoms with E-state index in [0.29, 0.717) is 12.2 Å². The van der Waals surface area contributed by atoms with Crippen LogP contribution in [-0.2, 0) is 4.79 Å². The Hall–Kier alpha value is -0.633. The highest BCUT2D eigenvalue weighted by Gasteiger charge is 2.30. The average molecular weight is 264 g/mol. The molecular formula is C16H28OSi. The Morgan fingerprint density at radius 3 is 2.17 bits per heavy atom. The summed E-state index contributed by atoms with van der Waals surface area (Å²) in [6.45, 7) is 16.0. The lowest BCUT2D eigenvalue weighted by molar-refractivity contribution is -0.117. The van der Waals surface area contributed by atoms with Crippen LogP contribution in [0.25, 0.3) is 0 Å². The van der Waals surface area contributed by atoms with Crippen LogP contribution >= 0.6 is 0 Å². The van der Waals surface area contributed by atoms with Crippen LogP contribution in [-0.4, -0.2) is 13.9 Å². The molecule has 1 nitrogen and oxygen atoms in total. The maximum absolute atomic E-state index is 11.9. The molecule has 0 unspecified atom stereocenters. The number of allylic oxidation sites excluding steroid dienone is 4. The molecule has 0 aromatic heterocycles. The van der Waals surface area contributed by atoms with Gasteiger partial charge in [-0.2, -0.15) is 0 Å². The fourth-order valence-electron chi connectivity index (χ4n) is 2.68. The summed E-state index contributed by atoms with van der Waals surface area (Å²) in [6.07, 6.45) is 3.65. The van der Waals surface area contributed by atoms with Crippen molar-refractivity contribution in [3.63, 3.8) is 0 Å². The lowest BCUT2D eigenvalue weighted by Gasteiger charge is -2.32. The van der Waals surface area contributed by atoms with Crippen LogP contribution in [0, 0.1) is 5.41 Å².